The molecular formula is C13H29NO2S. The highest BCUT2D eigenvalue weighted by Gasteiger charge is 2.20. The Bertz CT molecular complexity index is 208. The molecule has 0 aliphatic carbocycles. The molecule has 0 amide bonds. The van der Waals surface area contributed by atoms with Gasteiger partial charge in [0.1, 0.15) is 18.4 Å². The minimum atomic E-state index is -0.396. The normalized spacial score (nSPS) is 15.4. The van der Waals surface area contributed by atoms with E-state index in [9.17, 15) is 0 Å². The maximum atomic E-state index is 5.67. The lowest BCUT2D eigenvalue weighted by Gasteiger charge is -2.28. The quantitative estimate of drug-likeness (QED) is 0.563. The van der Waals surface area contributed by atoms with Gasteiger partial charge in [-0.2, -0.15) is 0 Å². The Kier molecular flexibility index (Phi) is 7.07. The van der Waals surface area contributed by atoms with Gasteiger partial charge in [0.15, 0.2) is 0 Å². The predicted molar refractivity (Wildman–Crippen MR) is 76.2 cm³/mol. The Labute approximate surface area is 112 Å². The highest BCUT2D eigenvalue weighted by atomic mass is 32.1. The monoisotopic (exact) mass is 263 g/mol. The summed E-state index contributed by atoms with van der Waals surface area (Å²) in [7, 11) is 1.97. The Morgan fingerprint density at radius 2 is 1.65 bits per heavy atom. The summed E-state index contributed by atoms with van der Waals surface area (Å²) in [6.07, 6.45) is 0. The third-order valence-electron chi connectivity index (χ3n) is 2.80. The maximum Gasteiger partial charge on any atom is 0.107 e. The van der Waals surface area contributed by atoms with Gasteiger partial charge in [-0.1, -0.05) is 27.7 Å². The second-order valence-electron chi connectivity index (χ2n) is 6.34. The lowest BCUT2D eigenvalue weighted by Crippen LogP contribution is -2.31. The van der Waals surface area contributed by atoms with Gasteiger partial charge < -0.3 is 9.47 Å². The first-order valence-corrected chi connectivity index (χ1v) is 6.59. The van der Waals surface area contributed by atoms with E-state index < -0.39 is 4.93 Å². The molecule has 0 aliphatic heterocycles. The summed E-state index contributed by atoms with van der Waals surface area (Å²) in [6, 6.07) is 0. The first-order valence-electron chi connectivity index (χ1n) is 6.15. The van der Waals surface area contributed by atoms with Crippen LogP contribution in [-0.2, 0) is 9.47 Å². The molecule has 0 fully saturated rings. The fourth-order valence-corrected chi connectivity index (χ4v) is 0.998. The summed E-state index contributed by atoms with van der Waals surface area (Å²) in [6.45, 7) is 14.7. The minimum Gasteiger partial charge on any atom is -0.366 e. The molecule has 0 aromatic heterocycles. The summed E-state index contributed by atoms with van der Waals surface area (Å²) in [4.78, 5) is 1.60. The van der Waals surface area contributed by atoms with Crippen molar-refractivity contribution in [2.75, 3.05) is 27.1 Å². The van der Waals surface area contributed by atoms with Crippen LogP contribution in [0.25, 0.3) is 0 Å². The van der Waals surface area contributed by atoms with Crippen LogP contribution >= 0.6 is 12.6 Å². The van der Waals surface area contributed by atoms with Crippen LogP contribution in [0.15, 0.2) is 0 Å². The number of hydrogen-bond acceptors (Lipinski definition) is 4. The van der Waals surface area contributed by atoms with E-state index in [0.29, 0.717) is 24.8 Å². The van der Waals surface area contributed by atoms with Crippen LogP contribution in [0.5, 0.6) is 0 Å². The van der Waals surface area contributed by atoms with Crippen molar-refractivity contribution in [3.8, 4) is 0 Å². The molecular weight excluding hydrogens is 234 g/mol. The molecule has 0 spiro atoms. The Balaban J connectivity index is 3.69. The topological polar surface area (TPSA) is 21.7 Å². The average molecular weight is 263 g/mol. The summed E-state index contributed by atoms with van der Waals surface area (Å²) < 4.78 is 11.2. The Morgan fingerprint density at radius 1 is 1.12 bits per heavy atom. The summed E-state index contributed by atoms with van der Waals surface area (Å²) in [5.74, 6) is 0.540. The Hall–Kier alpha value is 0.230. The van der Waals surface area contributed by atoms with E-state index in [2.05, 4.69) is 40.3 Å². The summed E-state index contributed by atoms with van der Waals surface area (Å²) >= 11 is 4.30. The molecule has 0 saturated heterocycles. The number of ether oxygens (including phenoxy) is 2. The molecule has 0 bridgehead atoms. The zero-order valence-electron chi connectivity index (χ0n) is 12.4. The second kappa shape index (κ2) is 6.98. The molecule has 104 valence electrons. The molecule has 0 radical (unpaired) electrons. The summed E-state index contributed by atoms with van der Waals surface area (Å²) in [5.41, 5.74) is 0.294. The predicted octanol–water partition coefficient (Wildman–Crippen LogP) is 3.21. The van der Waals surface area contributed by atoms with Gasteiger partial charge >= 0.3 is 0 Å². The zero-order valence-corrected chi connectivity index (χ0v) is 13.3. The second-order valence-corrected chi connectivity index (χ2v) is 7.42. The van der Waals surface area contributed by atoms with Crippen molar-refractivity contribution < 1.29 is 9.47 Å². The molecule has 3 nitrogen and oxygen atoms in total. The molecule has 0 saturated carbocycles. The first-order chi connectivity index (χ1) is 7.52. The number of nitrogens with zero attached hydrogens (tertiary/aromatic N) is 1. The largest absolute Gasteiger partial charge is 0.366 e. The fraction of sp³-hybridized carbons (Fsp3) is 1.00. The van der Waals surface area contributed by atoms with E-state index in [1.165, 1.54) is 0 Å². The van der Waals surface area contributed by atoms with E-state index in [-0.39, 0.29) is 0 Å². The SMILES string of the molecule is CC(COCN(C)COC(C)(C)S)C(C)(C)C. The van der Waals surface area contributed by atoms with Crippen molar-refractivity contribution in [3.05, 3.63) is 0 Å². The fourth-order valence-electron chi connectivity index (χ4n) is 0.941. The zero-order chi connectivity index (χ0) is 13.7. The molecule has 0 aliphatic rings. The van der Waals surface area contributed by atoms with Crippen molar-refractivity contribution in [1.82, 2.24) is 4.90 Å². The molecule has 0 aromatic carbocycles. The number of hydrogen-bond donors (Lipinski definition) is 1. The van der Waals surface area contributed by atoms with Gasteiger partial charge in [-0.15, -0.1) is 12.6 Å². The van der Waals surface area contributed by atoms with Crippen molar-refractivity contribution >= 4 is 12.6 Å². The van der Waals surface area contributed by atoms with E-state index in [0.717, 1.165) is 6.61 Å². The van der Waals surface area contributed by atoms with Gasteiger partial charge in [0.05, 0.1) is 6.61 Å². The Morgan fingerprint density at radius 3 is 2.06 bits per heavy atom. The van der Waals surface area contributed by atoms with Gasteiger partial charge in [0.25, 0.3) is 0 Å². The molecule has 17 heavy (non-hydrogen) atoms. The van der Waals surface area contributed by atoms with Gasteiger partial charge in [-0.25, -0.2) is 0 Å². The molecule has 0 N–H and O–H groups in total. The lowest BCUT2D eigenvalue weighted by atomic mass is 9.83. The van der Waals surface area contributed by atoms with Gasteiger partial charge in [0, 0.05) is 0 Å². The first kappa shape index (κ1) is 17.2. The van der Waals surface area contributed by atoms with Crippen LogP contribution < -0.4 is 0 Å². The minimum absolute atomic E-state index is 0.294. The third-order valence-corrected chi connectivity index (χ3v) is 2.93. The molecule has 1 unspecified atom stereocenters. The van der Waals surface area contributed by atoms with Gasteiger partial charge in [-0.3, -0.25) is 4.90 Å². The van der Waals surface area contributed by atoms with Gasteiger partial charge in [-0.05, 0) is 32.2 Å². The van der Waals surface area contributed by atoms with E-state index in [1.54, 1.807) is 0 Å². The van der Waals surface area contributed by atoms with Crippen molar-refractivity contribution in [2.24, 2.45) is 11.3 Å². The molecule has 1 atom stereocenters. The highest BCUT2D eigenvalue weighted by molar-refractivity contribution is 7.81. The molecule has 0 aromatic rings. The number of thiol groups is 1. The van der Waals surface area contributed by atoms with Crippen molar-refractivity contribution in [1.29, 1.82) is 0 Å². The smallest absolute Gasteiger partial charge is 0.107 e. The molecule has 0 rings (SSSR count). The lowest BCUT2D eigenvalue weighted by molar-refractivity contribution is -0.0694. The van der Waals surface area contributed by atoms with Crippen LogP contribution in [-0.4, -0.2) is 36.9 Å². The van der Waals surface area contributed by atoms with Crippen LogP contribution in [0.1, 0.15) is 41.5 Å². The molecule has 0 heterocycles. The van der Waals surface area contributed by atoms with Crippen molar-refractivity contribution in [2.45, 2.75) is 46.5 Å². The molecule has 4 heteroatoms. The highest BCUT2D eigenvalue weighted by Crippen LogP contribution is 2.25. The van der Waals surface area contributed by atoms with Crippen LogP contribution in [0.4, 0.5) is 0 Å². The summed E-state index contributed by atoms with van der Waals surface area (Å²) in [5, 5.41) is 0. The van der Waals surface area contributed by atoms with Crippen molar-refractivity contribution in [3.63, 3.8) is 0 Å². The third kappa shape index (κ3) is 9.89. The van der Waals surface area contributed by atoms with Gasteiger partial charge in [0.2, 0.25) is 0 Å². The standard InChI is InChI=1S/C13H29NO2S/c1-11(12(2,3)4)8-15-9-14(7)10-16-13(5,6)17/h11,17H,8-10H2,1-7H3. The maximum absolute atomic E-state index is 5.67. The average Bonchev–Trinajstić information content (AvgIpc) is 2.12. The van der Waals surface area contributed by atoms with Crippen LogP contribution in [0.3, 0.4) is 0 Å². The van der Waals surface area contributed by atoms with E-state index in [4.69, 9.17) is 9.47 Å². The number of rotatable bonds is 7. The van der Waals surface area contributed by atoms with E-state index >= 15 is 0 Å². The van der Waals surface area contributed by atoms with E-state index in [1.807, 2.05) is 25.8 Å². The van der Waals surface area contributed by atoms with Crippen LogP contribution in [0, 0.1) is 11.3 Å². The van der Waals surface area contributed by atoms with Crippen LogP contribution in [0.2, 0.25) is 0 Å².